The van der Waals surface area contributed by atoms with Crippen LogP contribution in [-0.2, 0) is 87.3 Å². The number of hydrogen-bond acceptors (Lipinski definition) is 18. The maximum Gasteiger partial charge on any atom is 0.425 e. The normalized spacial score (nSPS) is 23.6. The van der Waals surface area contributed by atoms with Crippen molar-refractivity contribution in [2.45, 2.75) is 355 Å². The summed E-state index contributed by atoms with van der Waals surface area (Å²) in [6, 6.07) is 22.0. The first-order valence-corrected chi connectivity index (χ1v) is 41.2. The fourth-order valence-electron chi connectivity index (χ4n) is 13.4. The lowest BCUT2D eigenvalue weighted by atomic mass is 9.73. The Kier molecular flexibility index (Phi) is 40.9. The van der Waals surface area contributed by atoms with Crippen LogP contribution in [0.5, 0.6) is 5.75 Å². The zero-order chi connectivity index (χ0) is 90.4. The average Bonchev–Trinajstić information content (AvgIpc) is 1.53. The second-order valence-electron chi connectivity index (χ2n) is 34.7. The molecule has 1 N–H and O–H groups in total. The highest BCUT2D eigenvalue weighted by Crippen LogP contribution is 2.63. The third-order valence-electron chi connectivity index (χ3n) is 23.9. The molecule has 0 radical (unpaired) electrons. The van der Waals surface area contributed by atoms with Crippen LogP contribution in [0.1, 0.15) is 315 Å². The van der Waals surface area contributed by atoms with Gasteiger partial charge in [0, 0.05) is 23.0 Å². The van der Waals surface area contributed by atoms with E-state index in [4.69, 9.17) is 43.0 Å². The number of benzene rings is 4. The molecule has 29 heteroatoms. The van der Waals surface area contributed by atoms with Crippen molar-refractivity contribution in [2.24, 2.45) is 39.4 Å². The van der Waals surface area contributed by atoms with Gasteiger partial charge in [0.2, 0.25) is 11.9 Å². The van der Waals surface area contributed by atoms with Gasteiger partial charge in [0.1, 0.15) is 24.1 Å². The summed E-state index contributed by atoms with van der Waals surface area (Å²) in [7, 11) is 0. The number of phenols is 1. The van der Waals surface area contributed by atoms with Crippen molar-refractivity contribution in [1.82, 2.24) is 0 Å². The number of fused-ring (bicyclic) bond motifs is 4. The van der Waals surface area contributed by atoms with Crippen LogP contribution in [0.3, 0.4) is 0 Å². The number of unbranched alkanes of at least 4 members (excludes halogenated alkanes) is 1. The van der Waals surface area contributed by atoms with Crippen LogP contribution in [0.15, 0.2) is 72.8 Å². The number of carbonyl (C=O) groups is 7. The van der Waals surface area contributed by atoms with Crippen molar-refractivity contribution in [2.75, 3.05) is 6.61 Å². The molecule has 4 saturated heterocycles. The lowest BCUT2D eigenvalue weighted by Crippen LogP contribution is -2.48. The lowest BCUT2D eigenvalue weighted by molar-refractivity contribution is -0.232. The van der Waals surface area contributed by atoms with Gasteiger partial charge in [-0.3, -0.25) is 24.0 Å². The molecule has 2 bridgehead atoms. The number of alkyl halides is 6. The zero-order valence-electron chi connectivity index (χ0n) is 72.8. The fraction of sp³-hybridized carbons (Fsp3) is 0.667. The van der Waals surface area contributed by atoms with Gasteiger partial charge in [0.15, 0.2) is 65.2 Å². The van der Waals surface area contributed by atoms with E-state index >= 15 is 0 Å². The van der Waals surface area contributed by atoms with Gasteiger partial charge in [-0.25, -0.2) is 31.5 Å². The summed E-state index contributed by atoms with van der Waals surface area (Å²) in [5, 5.41) is 9.01. The van der Waals surface area contributed by atoms with Gasteiger partial charge < -0.3 is 52.5 Å². The van der Waals surface area contributed by atoms with E-state index in [9.17, 15) is 81.9 Å². The Morgan fingerprint density at radius 3 is 1.45 bits per heavy atom. The highest BCUT2D eigenvalue weighted by molar-refractivity contribution is 6.03. The van der Waals surface area contributed by atoms with Crippen molar-refractivity contribution in [3.05, 3.63) is 135 Å². The minimum Gasteiger partial charge on any atom is -0.508 e. The number of carbonyl (C=O) groups excluding carboxylic acids is 7. The average molecular weight is 1750 g/mol. The molecule has 10 rings (SSSR count). The number of esters is 7. The predicted octanol–water partition coefficient (Wildman–Crippen LogP) is 23.6. The Morgan fingerprint density at radius 1 is 0.541 bits per heavy atom. The number of rotatable bonds is 25. The van der Waals surface area contributed by atoms with E-state index in [0.29, 0.717) is 61.4 Å². The molecule has 17 unspecified atom stereocenters. The first-order chi connectivity index (χ1) is 55.1. The molecule has 122 heavy (non-hydrogen) atoms. The van der Waals surface area contributed by atoms with Crippen LogP contribution < -0.4 is 0 Å². The summed E-state index contributed by atoms with van der Waals surface area (Å²) in [6.45, 7) is 43.1. The van der Waals surface area contributed by atoms with Crippen molar-refractivity contribution >= 4 is 41.8 Å². The summed E-state index contributed by atoms with van der Waals surface area (Å²) in [5.41, 5.74) is 0.510. The molecule has 18 nitrogen and oxygen atoms in total. The highest BCUT2D eigenvalue weighted by Gasteiger charge is 2.76. The maximum atomic E-state index is 13.1. The molecule has 4 aromatic rings. The molecule has 6 fully saturated rings. The van der Waals surface area contributed by atoms with Gasteiger partial charge in [0.25, 0.3) is 0 Å². The van der Waals surface area contributed by atoms with Gasteiger partial charge in [-0.2, -0.15) is 26.3 Å². The van der Waals surface area contributed by atoms with E-state index in [1.807, 2.05) is 46.8 Å². The lowest BCUT2D eigenvalue weighted by Gasteiger charge is -2.33. The molecule has 4 aliphatic heterocycles. The smallest absolute Gasteiger partial charge is 0.425 e. The monoisotopic (exact) mass is 1750 g/mol. The van der Waals surface area contributed by atoms with Gasteiger partial charge >= 0.3 is 54.1 Å². The van der Waals surface area contributed by atoms with Crippen LogP contribution in [-0.4, -0.2) is 121 Å². The Morgan fingerprint density at radius 2 is 1.00 bits per heavy atom. The van der Waals surface area contributed by atoms with E-state index in [-0.39, 0.29) is 57.0 Å². The third kappa shape index (κ3) is 26.8. The van der Waals surface area contributed by atoms with Crippen molar-refractivity contribution in [3.63, 3.8) is 0 Å². The largest absolute Gasteiger partial charge is 0.508 e. The molecule has 6 aliphatic rings. The highest BCUT2D eigenvalue weighted by atomic mass is 19.4. The summed E-state index contributed by atoms with van der Waals surface area (Å²) < 4.78 is 194. The molecule has 4 heterocycles. The number of aromatic hydroxyl groups is 1. The standard InChI is InChI=1S/C24H27F3O9.C18H23F3O6.C14H28O2.C14H22.C10H9F5.C10H14O.3CH4/c1-6-22(3,4)21(30)34-16-14-15(32-19(16)29)17-20(33-14)36-23(5,35-17)13-9-7-12(8-10-13)18(28)31-11(2)24(25,26)27;1-5-16(3,4)13(22)26-11-9-6-10-12(11)27-15(24)17(10,7-9)14(23)25-8(2)18(19,20)21;1-6-9-10-12(7-2)11-16-13(15)14(4,5)8-3;1-6-11(2)12-7-9-13(10-8-12)14(3,4)5;1-3-4(2)5-6(11)8(13)10(15)9(14)7(5)12;1-3-8(2)9-4-6-10(11)7-5-9;;;/h7-11,14-17,20H,6H2,1-5H3;8-12H,5-7H2,1-4H3;12H,6-11H2,1-5H3;7-11H,6H2,1-5H3;4H,3H2,1-2H3;4-8,11H,3H2,1-2H3;3*1H4. The molecule has 692 valence electrons. The van der Waals surface area contributed by atoms with Crippen molar-refractivity contribution < 1.29 is 134 Å². The molecule has 2 aliphatic carbocycles. The van der Waals surface area contributed by atoms with Crippen LogP contribution >= 0.6 is 0 Å². The summed E-state index contributed by atoms with van der Waals surface area (Å²) in [5.74, 6) is -15.2. The zero-order valence-corrected chi connectivity index (χ0v) is 72.8. The van der Waals surface area contributed by atoms with Gasteiger partial charge in [-0.15, -0.1) is 0 Å². The molecular formula is C93H135F11O18. The molecular weight excluding hydrogens is 1610 g/mol. The summed E-state index contributed by atoms with van der Waals surface area (Å²) in [4.78, 5) is 86.0. The van der Waals surface area contributed by atoms with Crippen LogP contribution in [0.4, 0.5) is 48.3 Å². The Labute approximate surface area is 715 Å². The second kappa shape index (κ2) is 45.3. The first-order valence-electron chi connectivity index (χ1n) is 41.2. The first kappa shape index (κ1) is 110. The van der Waals surface area contributed by atoms with E-state index in [1.54, 1.807) is 53.7 Å². The Bertz CT molecular complexity index is 4020. The third-order valence-corrected chi connectivity index (χ3v) is 23.9. The van der Waals surface area contributed by atoms with Crippen molar-refractivity contribution in [1.29, 1.82) is 0 Å². The fourth-order valence-corrected chi connectivity index (χ4v) is 13.4. The number of phenolic OH excluding ortho intramolecular Hbond substituents is 1. The summed E-state index contributed by atoms with van der Waals surface area (Å²) in [6.07, 6.45) is -10.6. The molecule has 4 aromatic carbocycles. The van der Waals surface area contributed by atoms with Crippen molar-refractivity contribution in [3.8, 4) is 5.75 Å². The van der Waals surface area contributed by atoms with Gasteiger partial charge in [0.05, 0.1) is 28.4 Å². The second-order valence-corrected chi connectivity index (χ2v) is 34.7. The molecule has 17 atom stereocenters. The summed E-state index contributed by atoms with van der Waals surface area (Å²) >= 11 is 0. The van der Waals surface area contributed by atoms with Crippen LogP contribution in [0.2, 0.25) is 0 Å². The topological polar surface area (TPSA) is 232 Å². The molecule has 2 saturated carbocycles. The number of halogens is 11. The van der Waals surface area contributed by atoms with Crippen LogP contribution in [0, 0.1) is 68.5 Å². The van der Waals surface area contributed by atoms with E-state index in [0.717, 1.165) is 33.1 Å². The van der Waals surface area contributed by atoms with Gasteiger partial charge in [-0.05, 0) is 190 Å². The van der Waals surface area contributed by atoms with Crippen LogP contribution in [0.25, 0.3) is 0 Å². The van der Waals surface area contributed by atoms with E-state index < -0.39 is 172 Å². The Hall–Kier alpha value is -7.92. The molecule has 0 amide bonds. The molecule has 0 spiro atoms. The minimum atomic E-state index is -4.71. The molecule has 0 aromatic heterocycles. The minimum absolute atomic E-state index is 0. The number of ether oxygens (including phenoxy) is 10. The van der Waals surface area contributed by atoms with E-state index in [2.05, 4.69) is 96.1 Å². The SMILES string of the molecule is C.C.C.CCC(C)(C)C(=O)OC1C(=O)OC2C3OC(C)(c4ccc(C(=O)OC(C)C(F)(F)F)cc4)OC3OC12.CCC(C)(C)C(=O)OC1C2CC3C1OC(=O)C3(C(=O)OC(C)C(F)(F)F)C2.CCC(C)c1c(F)c(F)c(F)c(F)c1F.CCC(C)c1ccc(C(C)(C)C)cc1.CCC(C)c1ccc(O)cc1.CCCCC(CC)COC(=O)C(C)(C)CC. The van der Waals surface area contributed by atoms with Gasteiger partial charge in [-0.1, -0.05) is 187 Å². The Balaban J connectivity index is 0.000000520. The predicted molar refractivity (Wildman–Crippen MR) is 441 cm³/mol. The van der Waals surface area contributed by atoms with E-state index in [1.165, 1.54) is 73.6 Å². The number of hydrogen-bond donors (Lipinski definition) is 1. The maximum absolute atomic E-state index is 13.1. The quantitative estimate of drug-likeness (QED) is 0.0162.